The van der Waals surface area contributed by atoms with Gasteiger partial charge in [0.1, 0.15) is 5.75 Å². The van der Waals surface area contributed by atoms with Gasteiger partial charge in [0.2, 0.25) is 0 Å². The lowest BCUT2D eigenvalue weighted by Crippen LogP contribution is -1.92. The van der Waals surface area contributed by atoms with Crippen molar-refractivity contribution in [3.8, 4) is 5.75 Å². The summed E-state index contributed by atoms with van der Waals surface area (Å²) in [5.74, 6) is 0.00751. The first kappa shape index (κ1) is 12.1. The second-order valence-electron chi connectivity index (χ2n) is 3.55. The number of halogens is 1. The quantitative estimate of drug-likeness (QED) is 0.614. The first-order chi connectivity index (χ1) is 7.19. The van der Waals surface area contributed by atoms with Crippen molar-refractivity contribution in [3.63, 3.8) is 0 Å². The number of aromatic hydroxyl groups is 1. The Hall–Kier alpha value is -1.02. The maximum Gasteiger partial charge on any atom is 0.153 e. The van der Waals surface area contributed by atoms with E-state index in [-0.39, 0.29) is 11.1 Å². The van der Waals surface area contributed by atoms with Gasteiger partial charge in [-0.25, -0.2) is 0 Å². The summed E-state index contributed by atoms with van der Waals surface area (Å²) in [4.78, 5) is 10.6. The van der Waals surface area contributed by atoms with Gasteiger partial charge in [0.25, 0.3) is 0 Å². The lowest BCUT2D eigenvalue weighted by molar-refractivity contribution is 0.112. The molecule has 1 rings (SSSR count). The third-order valence-electron chi connectivity index (χ3n) is 2.35. The Labute approximate surface area is 94.9 Å². The number of carbonyl (C=O) groups excluding carboxylic acids is 1. The molecule has 1 unspecified atom stereocenters. The first-order valence-corrected chi connectivity index (χ1v) is 5.54. The molecule has 1 atom stereocenters. The summed E-state index contributed by atoms with van der Waals surface area (Å²) in [7, 11) is 0. The summed E-state index contributed by atoms with van der Waals surface area (Å²) in [6.45, 7) is 2.11. The molecule has 1 N–H and O–H groups in total. The summed E-state index contributed by atoms with van der Waals surface area (Å²) in [6, 6.07) is 4.92. The van der Waals surface area contributed by atoms with Crippen molar-refractivity contribution in [2.24, 2.45) is 0 Å². The Morgan fingerprint density at radius 3 is 2.87 bits per heavy atom. The van der Waals surface area contributed by atoms with E-state index in [9.17, 15) is 9.90 Å². The molecule has 0 heterocycles. The van der Waals surface area contributed by atoms with Gasteiger partial charge < -0.3 is 5.11 Å². The molecule has 1 aromatic rings. The topological polar surface area (TPSA) is 37.3 Å². The number of hydrogen-bond acceptors (Lipinski definition) is 2. The van der Waals surface area contributed by atoms with E-state index in [1.807, 2.05) is 0 Å². The van der Waals surface area contributed by atoms with E-state index in [1.165, 1.54) is 6.07 Å². The van der Waals surface area contributed by atoms with E-state index in [0.717, 1.165) is 24.8 Å². The maximum atomic E-state index is 10.6. The van der Waals surface area contributed by atoms with Crippen molar-refractivity contribution in [2.45, 2.75) is 31.6 Å². The van der Waals surface area contributed by atoms with Crippen LogP contribution in [0, 0.1) is 0 Å². The Bertz CT molecular complexity index is 336. The molecular weight excluding hydrogens is 212 g/mol. The van der Waals surface area contributed by atoms with E-state index in [1.54, 1.807) is 12.1 Å². The molecule has 0 spiro atoms. The number of benzene rings is 1. The van der Waals surface area contributed by atoms with Gasteiger partial charge in [-0.15, -0.1) is 11.6 Å². The number of rotatable bonds is 5. The largest absolute Gasteiger partial charge is 0.507 e. The summed E-state index contributed by atoms with van der Waals surface area (Å²) in [6.07, 6.45) is 3.69. The molecule has 0 saturated heterocycles. The molecule has 0 aliphatic rings. The Kier molecular flexibility index (Phi) is 4.63. The molecule has 0 radical (unpaired) electrons. The lowest BCUT2D eigenvalue weighted by atomic mass is 10.0. The highest BCUT2D eigenvalue weighted by molar-refractivity contribution is 6.20. The predicted molar refractivity (Wildman–Crippen MR) is 61.6 cm³/mol. The van der Waals surface area contributed by atoms with E-state index in [4.69, 9.17) is 11.6 Å². The molecule has 82 valence electrons. The van der Waals surface area contributed by atoms with Gasteiger partial charge in [-0.05, 0) is 24.1 Å². The normalized spacial score (nSPS) is 12.4. The molecular formula is C12H15ClO2. The Balaban J connectivity index is 2.80. The van der Waals surface area contributed by atoms with Crippen LogP contribution in [0.4, 0.5) is 0 Å². The minimum absolute atomic E-state index is 0.00751. The number of phenolic OH excluding ortho intramolecular Hbond substituents is 1. The molecule has 15 heavy (non-hydrogen) atoms. The Morgan fingerprint density at radius 1 is 1.53 bits per heavy atom. The molecule has 0 saturated carbocycles. The number of phenols is 1. The van der Waals surface area contributed by atoms with Crippen LogP contribution in [0.25, 0.3) is 0 Å². The standard InChI is InChI=1S/C12H15ClO2/c1-2-3-4-11(13)9-5-6-12(15)10(7-9)8-14/h5-8,11,15H,2-4H2,1H3. The van der Waals surface area contributed by atoms with Crippen LogP contribution in [0.15, 0.2) is 18.2 Å². The zero-order valence-corrected chi connectivity index (χ0v) is 9.50. The zero-order chi connectivity index (χ0) is 11.3. The van der Waals surface area contributed by atoms with Crippen LogP contribution in [0.5, 0.6) is 5.75 Å². The van der Waals surface area contributed by atoms with E-state index in [2.05, 4.69) is 6.92 Å². The number of hydrogen-bond donors (Lipinski definition) is 1. The highest BCUT2D eigenvalue weighted by Gasteiger charge is 2.09. The smallest absolute Gasteiger partial charge is 0.153 e. The lowest BCUT2D eigenvalue weighted by Gasteiger charge is -2.10. The summed E-state index contributed by atoms with van der Waals surface area (Å²) >= 11 is 6.17. The molecule has 0 aromatic heterocycles. The van der Waals surface area contributed by atoms with Crippen molar-refractivity contribution >= 4 is 17.9 Å². The number of alkyl halides is 1. The van der Waals surface area contributed by atoms with Crippen LogP contribution in [-0.2, 0) is 0 Å². The van der Waals surface area contributed by atoms with Crippen LogP contribution in [-0.4, -0.2) is 11.4 Å². The van der Waals surface area contributed by atoms with Crippen LogP contribution < -0.4 is 0 Å². The fourth-order valence-corrected chi connectivity index (χ4v) is 1.70. The highest BCUT2D eigenvalue weighted by Crippen LogP contribution is 2.29. The van der Waals surface area contributed by atoms with Gasteiger partial charge in [0.05, 0.1) is 10.9 Å². The molecule has 0 bridgehead atoms. The van der Waals surface area contributed by atoms with Crippen LogP contribution in [0.3, 0.4) is 0 Å². The third-order valence-corrected chi connectivity index (χ3v) is 2.82. The Morgan fingerprint density at radius 2 is 2.27 bits per heavy atom. The van der Waals surface area contributed by atoms with Crippen LogP contribution in [0.2, 0.25) is 0 Å². The van der Waals surface area contributed by atoms with Gasteiger partial charge in [-0.1, -0.05) is 25.8 Å². The van der Waals surface area contributed by atoms with Crippen molar-refractivity contribution in [3.05, 3.63) is 29.3 Å². The minimum Gasteiger partial charge on any atom is -0.507 e. The first-order valence-electron chi connectivity index (χ1n) is 5.11. The average Bonchev–Trinajstić information content (AvgIpc) is 2.26. The number of unbranched alkanes of at least 4 members (excludes halogenated alkanes) is 1. The second kappa shape index (κ2) is 5.76. The van der Waals surface area contributed by atoms with Gasteiger partial charge in [0, 0.05) is 0 Å². The summed E-state index contributed by atoms with van der Waals surface area (Å²) < 4.78 is 0. The van der Waals surface area contributed by atoms with Crippen LogP contribution in [0.1, 0.15) is 47.5 Å². The van der Waals surface area contributed by atoms with Gasteiger partial charge in [0.15, 0.2) is 6.29 Å². The third kappa shape index (κ3) is 3.24. The molecule has 0 aliphatic carbocycles. The van der Waals surface area contributed by atoms with Crippen molar-refractivity contribution in [1.82, 2.24) is 0 Å². The zero-order valence-electron chi connectivity index (χ0n) is 8.74. The summed E-state index contributed by atoms with van der Waals surface area (Å²) in [5, 5.41) is 9.24. The number of carbonyl (C=O) groups is 1. The molecule has 2 nitrogen and oxygen atoms in total. The maximum absolute atomic E-state index is 10.6. The molecule has 1 aromatic carbocycles. The fraction of sp³-hybridized carbons (Fsp3) is 0.417. The molecule has 0 amide bonds. The van der Waals surface area contributed by atoms with Crippen molar-refractivity contribution < 1.29 is 9.90 Å². The van der Waals surface area contributed by atoms with Gasteiger partial charge in [-0.3, -0.25) is 4.79 Å². The minimum atomic E-state index is -0.0794. The SMILES string of the molecule is CCCCC(Cl)c1ccc(O)c(C=O)c1. The van der Waals surface area contributed by atoms with Crippen molar-refractivity contribution in [1.29, 1.82) is 0 Å². The summed E-state index contributed by atoms with van der Waals surface area (Å²) in [5.41, 5.74) is 1.19. The van der Waals surface area contributed by atoms with Crippen molar-refractivity contribution in [2.75, 3.05) is 0 Å². The monoisotopic (exact) mass is 226 g/mol. The van der Waals surface area contributed by atoms with E-state index >= 15 is 0 Å². The molecule has 3 heteroatoms. The molecule has 0 fully saturated rings. The van der Waals surface area contributed by atoms with E-state index < -0.39 is 0 Å². The van der Waals surface area contributed by atoms with Crippen LogP contribution >= 0.6 is 11.6 Å². The highest BCUT2D eigenvalue weighted by atomic mass is 35.5. The van der Waals surface area contributed by atoms with Gasteiger partial charge >= 0.3 is 0 Å². The predicted octanol–water partition coefficient (Wildman–Crippen LogP) is 3.67. The fourth-order valence-electron chi connectivity index (χ4n) is 1.41. The average molecular weight is 227 g/mol. The molecule has 0 aliphatic heterocycles. The second-order valence-corrected chi connectivity index (χ2v) is 4.07. The number of aldehydes is 1. The van der Waals surface area contributed by atoms with Gasteiger partial charge in [-0.2, -0.15) is 0 Å². The van der Waals surface area contributed by atoms with E-state index in [0.29, 0.717) is 11.8 Å².